The van der Waals surface area contributed by atoms with E-state index in [2.05, 4.69) is 4.98 Å². The van der Waals surface area contributed by atoms with Crippen molar-refractivity contribution in [3.63, 3.8) is 0 Å². The first-order valence-electron chi connectivity index (χ1n) is 5.53. The Balaban J connectivity index is 2.03. The Hall–Kier alpha value is -0.610. The van der Waals surface area contributed by atoms with E-state index in [-0.39, 0.29) is 5.91 Å². The molecule has 2 rings (SSSR count). The number of likely N-dealkylation sites (tertiary alicyclic amines) is 1. The normalized spacial score (nSPS) is 18.5. The van der Waals surface area contributed by atoms with Crippen LogP contribution in [0.15, 0.2) is 5.38 Å². The van der Waals surface area contributed by atoms with Gasteiger partial charge in [-0.05, 0) is 26.2 Å². The van der Waals surface area contributed by atoms with Gasteiger partial charge in [-0.25, -0.2) is 4.98 Å². The Kier molecular flexibility index (Phi) is 3.82. The summed E-state index contributed by atoms with van der Waals surface area (Å²) in [6.07, 6.45) is 3.39. The van der Waals surface area contributed by atoms with E-state index in [1.807, 2.05) is 17.2 Å². The lowest BCUT2D eigenvalue weighted by atomic mass is 10.1. The van der Waals surface area contributed by atoms with Crippen LogP contribution >= 0.6 is 22.9 Å². The third-order valence-electron chi connectivity index (χ3n) is 2.74. The van der Waals surface area contributed by atoms with Crippen LogP contribution in [0.3, 0.4) is 0 Å². The average molecular weight is 259 g/mol. The highest BCUT2D eigenvalue weighted by Crippen LogP contribution is 2.27. The molecule has 1 saturated heterocycles. The van der Waals surface area contributed by atoms with Crippen molar-refractivity contribution in [1.29, 1.82) is 0 Å². The van der Waals surface area contributed by atoms with E-state index < -0.39 is 5.38 Å². The second-order valence-electron chi connectivity index (χ2n) is 4.08. The molecule has 1 atom stereocenters. The van der Waals surface area contributed by atoms with Crippen LogP contribution < -0.4 is 0 Å². The smallest absolute Gasteiger partial charge is 0.247 e. The third kappa shape index (κ3) is 2.55. The molecule has 0 bridgehead atoms. The molecule has 0 radical (unpaired) electrons. The molecule has 2 heterocycles. The van der Waals surface area contributed by atoms with Gasteiger partial charge in [0, 0.05) is 24.2 Å². The van der Waals surface area contributed by atoms with Gasteiger partial charge in [0.1, 0.15) is 5.01 Å². The zero-order valence-electron chi connectivity index (χ0n) is 9.28. The summed E-state index contributed by atoms with van der Waals surface area (Å²) in [6.45, 7) is 3.59. The van der Waals surface area contributed by atoms with Crippen LogP contribution in [0, 0.1) is 6.92 Å². The maximum atomic E-state index is 12.1. The molecule has 1 amide bonds. The first-order chi connectivity index (χ1) is 7.68. The van der Waals surface area contributed by atoms with Gasteiger partial charge in [0.05, 0.1) is 0 Å². The number of rotatable bonds is 2. The number of thiazole rings is 1. The molecule has 1 aromatic heterocycles. The van der Waals surface area contributed by atoms with Crippen LogP contribution in [0.2, 0.25) is 0 Å². The van der Waals surface area contributed by atoms with Gasteiger partial charge in [0.2, 0.25) is 5.91 Å². The molecule has 1 fully saturated rings. The summed E-state index contributed by atoms with van der Waals surface area (Å²) >= 11 is 7.62. The Morgan fingerprint density at radius 2 is 2.19 bits per heavy atom. The molecule has 1 aliphatic rings. The van der Waals surface area contributed by atoms with E-state index in [0.717, 1.165) is 36.6 Å². The van der Waals surface area contributed by atoms with Crippen molar-refractivity contribution in [2.45, 2.75) is 31.6 Å². The standard InChI is InChI=1S/C11H15ClN2OS/c1-8-7-16-10(13-8)9(12)11(15)14-5-3-2-4-6-14/h7,9H,2-6H2,1H3. The van der Waals surface area contributed by atoms with Crippen molar-refractivity contribution in [2.75, 3.05) is 13.1 Å². The van der Waals surface area contributed by atoms with E-state index >= 15 is 0 Å². The van der Waals surface area contributed by atoms with Crippen molar-refractivity contribution in [3.8, 4) is 0 Å². The summed E-state index contributed by atoms with van der Waals surface area (Å²) < 4.78 is 0. The summed E-state index contributed by atoms with van der Waals surface area (Å²) in [7, 11) is 0. The lowest BCUT2D eigenvalue weighted by molar-refractivity contribution is -0.131. The molecule has 5 heteroatoms. The van der Waals surface area contributed by atoms with Gasteiger partial charge in [-0.3, -0.25) is 4.79 Å². The number of carbonyl (C=O) groups excluding carboxylic acids is 1. The zero-order valence-corrected chi connectivity index (χ0v) is 10.9. The van der Waals surface area contributed by atoms with Gasteiger partial charge < -0.3 is 4.90 Å². The van der Waals surface area contributed by atoms with Crippen LogP contribution in [0.4, 0.5) is 0 Å². The molecule has 0 aliphatic carbocycles. The Morgan fingerprint density at radius 1 is 1.50 bits per heavy atom. The molecule has 0 N–H and O–H groups in total. The Morgan fingerprint density at radius 3 is 2.75 bits per heavy atom. The van der Waals surface area contributed by atoms with E-state index in [4.69, 9.17) is 11.6 Å². The van der Waals surface area contributed by atoms with Crippen LogP contribution in [-0.4, -0.2) is 28.9 Å². The molecular weight excluding hydrogens is 244 g/mol. The first kappa shape index (κ1) is 11.9. The number of nitrogens with zero attached hydrogens (tertiary/aromatic N) is 2. The minimum atomic E-state index is -0.600. The molecule has 88 valence electrons. The van der Waals surface area contributed by atoms with Gasteiger partial charge in [-0.2, -0.15) is 0 Å². The molecule has 1 aromatic rings. The van der Waals surface area contributed by atoms with Crippen molar-refractivity contribution in [3.05, 3.63) is 16.1 Å². The van der Waals surface area contributed by atoms with Crippen molar-refractivity contribution < 1.29 is 4.79 Å². The maximum Gasteiger partial charge on any atom is 0.247 e. The highest BCUT2D eigenvalue weighted by atomic mass is 35.5. The number of halogens is 1. The Bertz CT molecular complexity index is 374. The van der Waals surface area contributed by atoms with Crippen LogP contribution in [-0.2, 0) is 4.79 Å². The van der Waals surface area contributed by atoms with E-state index in [0.29, 0.717) is 0 Å². The summed E-state index contributed by atoms with van der Waals surface area (Å²) in [5.74, 6) is 0.00992. The first-order valence-corrected chi connectivity index (χ1v) is 6.85. The number of hydrogen-bond acceptors (Lipinski definition) is 3. The molecule has 1 aliphatic heterocycles. The van der Waals surface area contributed by atoms with Gasteiger partial charge in [0.15, 0.2) is 5.38 Å². The number of aryl methyl sites for hydroxylation is 1. The minimum absolute atomic E-state index is 0.00992. The van der Waals surface area contributed by atoms with Crippen molar-refractivity contribution >= 4 is 28.8 Å². The van der Waals surface area contributed by atoms with Gasteiger partial charge in [-0.1, -0.05) is 0 Å². The van der Waals surface area contributed by atoms with Crippen LogP contribution in [0.5, 0.6) is 0 Å². The number of carbonyl (C=O) groups is 1. The number of hydrogen-bond donors (Lipinski definition) is 0. The predicted octanol–water partition coefficient (Wildman–Crippen LogP) is 2.74. The highest BCUT2D eigenvalue weighted by Gasteiger charge is 2.26. The second-order valence-corrected chi connectivity index (χ2v) is 5.40. The molecule has 16 heavy (non-hydrogen) atoms. The largest absolute Gasteiger partial charge is 0.341 e. The molecule has 3 nitrogen and oxygen atoms in total. The zero-order chi connectivity index (χ0) is 11.5. The van der Waals surface area contributed by atoms with Crippen LogP contribution in [0.1, 0.15) is 35.3 Å². The van der Waals surface area contributed by atoms with E-state index in [1.54, 1.807) is 0 Å². The lowest BCUT2D eigenvalue weighted by Crippen LogP contribution is -2.37. The lowest BCUT2D eigenvalue weighted by Gasteiger charge is -2.27. The fraction of sp³-hybridized carbons (Fsp3) is 0.636. The maximum absolute atomic E-state index is 12.1. The summed E-state index contributed by atoms with van der Waals surface area (Å²) in [4.78, 5) is 18.2. The monoisotopic (exact) mass is 258 g/mol. The summed E-state index contributed by atoms with van der Waals surface area (Å²) in [6, 6.07) is 0. The summed E-state index contributed by atoms with van der Waals surface area (Å²) in [5.41, 5.74) is 0.928. The molecular formula is C11H15ClN2OS. The molecule has 0 spiro atoms. The van der Waals surface area contributed by atoms with Gasteiger partial charge >= 0.3 is 0 Å². The number of alkyl halides is 1. The topological polar surface area (TPSA) is 33.2 Å². The van der Waals surface area contributed by atoms with E-state index in [9.17, 15) is 4.79 Å². The van der Waals surface area contributed by atoms with E-state index in [1.165, 1.54) is 17.8 Å². The number of piperidine rings is 1. The average Bonchev–Trinajstić information content (AvgIpc) is 2.75. The van der Waals surface area contributed by atoms with Gasteiger partial charge in [0.25, 0.3) is 0 Å². The Labute approximate surface area is 104 Å². The van der Waals surface area contributed by atoms with Crippen molar-refractivity contribution in [2.24, 2.45) is 0 Å². The number of amides is 1. The number of aromatic nitrogens is 1. The third-order valence-corrected chi connectivity index (χ3v) is 4.29. The molecule has 1 unspecified atom stereocenters. The second kappa shape index (κ2) is 5.15. The highest BCUT2D eigenvalue weighted by molar-refractivity contribution is 7.10. The molecule has 0 saturated carbocycles. The van der Waals surface area contributed by atoms with Crippen molar-refractivity contribution in [1.82, 2.24) is 9.88 Å². The fourth-order valence-corrected chi connectivity index (χ4v) is 2.97. The fourth-order valence-electron chi connectivity index (χ4n) is 1.87. The quantitative estimate of drug-likeness (QED) is 0.765. The van der Waals surface area contributed by atoms with Crippen LogP contribution in [0.25, 0.3) is 0 Å². The SMILES string of the molecule is Cc1csc(C(Cl)C(=O)N2CCCCC2)n1. The molecule has 0 aromatic carbocycles. The predicted molar refractivity (Wildman–Crippen MR) is 65.9 cm³/mol. The minimum Gasteiger partial charge on any atom is -0.341 e. The summed E-state index contributed by atoms with van der Waals surface area (Å²) in [5, 5.41) is 2.04. The van der Waals surface area contributed by atoms with Gasteiger partial charge in [-0.15, -0.1) is 22.9 Å².